The second-order valence-corrected chi connectivity index (χ2v) is 7.18. The molecule has 0 spiro atoms. The molecule has 0 saturated carbocycles. The zero-order valence-electron chi connectivity index (χ0n) is 13.9. The number of hydrogen-bond acceptors (Lipinski definition) is 4. The number of carbonyl (C=O) groups excluding carboxylic acids is 2. The fourth-order valence-corrected chi connectivity index (χ4v) is 3.93. The van der Waals surface area contributed by atoms with E-state index in [1.807, 2.05) is 17.0 Å². The van der Waals surface area contributed by atoms with E-state index in [0.29, 0.717) is 23.5 Å². The quantitative estimate of drug-likeness (QED) is 0.847. The van der Waals surface area contributed by atoms with E-state index in [1.54, 1.807) is 23.6 Å². The minimum absolute atomic E-state index is 0.0286. The summed E-state index contributed by atoms with van der Waals surface area (Å²) in [5.74, 6) is -0.813. The first kappa shape index (κ1) is 17.4. The highest BCUT2D eigenvalue weighted by Gasteiger charge is 2.26. The summed E-state index contributed by atoms with van der Waals surface area (Å²) < 4.78 is 0. The van der Waals surface area contributed by atoms with Gasteiger partial charge >= 0.3 is 5.97 Å². The van der Waals surface area contributed by atoms with Gasteiger partial charge in [0.2, 0.25) is 0 Å². The fraction of sp³-hybridized carbons (Fsp3) is 0.316. The molecule has 1 atom stereocenters. The fourth-order valence-electron chi connectivity index (χ4n) is 3.15. The normalized spacial score (nSPS) is 17.3. The van der Waals surface area contributed by atoms with Crippen molar-refractivity contribution < 1.29 is 19.5 Å². The first-order valence-corrected chi connectivity index (χ1v) is 9.05. The Bertz CT molecular complexity index is 809. The molecule has 1 N–H and O–H groups in total. The molecule has 25 heavy (non-hydrogen) atoms. The molecule has 2 heterocycles. The second-order valence-electron chi connectivity index (χ2n) is 6.27. The maximum atomic E-state index is 12.7. The van der Waals surface area contributed by atoms with Gasteiger partial charge in [0.05, 0.1) is 16.0 Å². The van der Waals surface area contributed by atoms with Gasteiger partial charge in [0.25, 0.3) is 5.91 Å². The van der Waals surface area contributed by atoms with Crippen molar-refractivity contribution in [3.8, 4) is 0 Å². The highest BCUT2D eigenvalue weighted by atomic mass is 32.1. The minimum Gasteiger partial charge on any atom is -0.478 e. The van der Waals surface area contributed by atoms with Crippen molar-refractivity contribution in [1.29, 1.82) is 0 Å². The molecular weight excluding hydrogens is 338 g/mol. The van der Waals surface area contributed by atoms with Crippen LogP contribution in [-0.4, -0.2) is 40.8 Å². The number of carbonyl (C=O) groups is 3. The lowest BCUT2D eigenvalue weighted by Crippen LogP contribution is -2.39. The van der Waals surface area contributed by atoms with E-state index in [0.717, 1.165) is 18.4 Å². The van der Waals surface area contributed by atoms with Gasteiger partial charge in [0, 0.05) is 24.4 Å². The molecule has 1 saturated heterocycles. The van der Waals surface area contributed by atoms with Crippen LogP contribution in [0.5, 0.6) is 0 Å². The molecule has 1 aromatic carbocycles. The Morgan fingerprint density at radius 1 is 1.16 bits per heavy atom. The molecule has 0 radical (unpaired) electrons. The van der Waals surface area contributed by atoms with Gasteiger partial charge in [-0.3, -0.25) is 9.59 Å². The topological polar surface area (TPSA) is 74.7 Å². The Kier molecular flexibility index (Phi) is 4.99. The monoisotopic (exact) mass is 357 g/mol. The van der Waals surface area contributed by atoms with E-state index in [4.69, 9.17) is 5.11 Å². The lowest BCUT2D eigenvalue weighted by Gasteiger charge is -2.33. The molecule has 5 nitrogen and oxygen atoms in total. The highest BCUT2D eigenvalue weighted by Crippen LogP contribution is 2.28. The molecule has 1 aliphatic heterocycles. The number of rotatable bonds is 4. The van der Waals surface area contributed by atoms with Crippen molar-refractivity contribution in [2.45, 2.75) is 25.7 Å². The zero-order valence-corrected chi connectivity index (χ0v) is 14.7. The van der Waals surface area contributed by atoms with Gasteiger partial charge in [0.1, 0.15) is 0 Å². The molecule has 0 bridgehead atoms. The summed E-state index contributed by atoms with van der Waals surface area (Å²) in [4.78, 5) is 37.5. The number of aromatic carboxylic acids is 1. The molecule has 1 aromatic heterocycles. The van der Waals surface area contributed by atoms with E-state index in [9.17, 15) is 14.4 Å². The Labute approximate surface area is 149 Å². The van der Waals surface area contributed by atoms with Gasteiger partial charge in [-0.2, -0.15) is 0 Å². The predicted octanol–water partition coefficient (Wildman–Crippen LogP) is 3.67. The summed E-state index contributed by atoms with van der Waals surface area (Å²) >= 11 is 1.30. The zero-order chi connectivity index (χ0) is 18.0. The average Bonchev–Trinajstić information content (AvgIpc) is 3.12. The summed E-state index contributed by atoms with van der Waals surface area (Å²) in [6.45, 7) is 2.81. The smallest absolute Gasteiger partial charge is 0.335 e. The van der Waals surface area contributed by atoms with Crippen molar-refractivity contribution in [3.05, 3.63) is 57.3 Å². The number of carboxylic acid groups (broad SMARTS) is 1. The first-order valence-electron chi connectivity index (χ1n) is 8.17. The number of likely N-dealkylation sites (tertiary alicyclic amines) is 1. The summed E-state index contributed by atoms with van der Waals surface area (Å²) in [5.41, 5.74) is 1.89. The van der Waals surface area contributed by atoms with Crippen LogP contribution >= 0.6 is 11.3 Å². The predicted molar refractivity (Wildman–Crippen MR) is 95.6 cm³/mol. The van der Waals surface area contributed by atoms with Crippen molar-refractivity contribution in [3.63, 3.8) is 0 Å². The molecule has 1 amide bonds. The minimum atomic E-state index is -0.939. The van der Waals surface area contributed by atoms with E-state index < -0.39 is 5.97 Å². The average molecular weight is 357 g/mol. The van der Waals surface area contributed by atoms with Crippen LogP contribution in [0.3, 0.4) is 0 Å². The van der Waals surface area contributed by atoms with Gasteiger partial charge in [-0.05, 0) is 43.5 Å². The maximum absolute atomic E-state index is 12.7. The number of carboxylic acids is 1. The van der Waals surface area contributed by atoms with Gasteiger partial charge < -0.3 is 10.0 Å². The highest BCUT2D eigenvalue weighted by molar-refractivity contribution is 7.12. The van der Waals surface area contributed by atoms with Crippen LogP contribution in [0.1, 0.15) is 61.6 Å². The van der Waals surface area contributed by atoms with Crippen LogP contribution < -0.4 is 0 Å². The summed E-state index contributed by atoms with van der Waals surface area (Å²) in [6, 6.07) is 8.55. The number of benzene rings is 1. The maximum Gasteiger partial charge on any atom is 0.335 e. The number of amides is 1. The molecule has 3 rings (SSSR count). The van der Waals surface area contributed by atoms with Gasteiger partial charge in [0.15, 0.2) is 5.78 Å². The Balaban J connectivity index is 1.72. The molecule has 0 aliphatic carbocycles. The van der Waals surface area contributed by atoms with E-state index in [-0.39, 0.29) is 23.2 Å². The van der Waals surface area contributed by atoms with Crippen LogP contribution in [0.15, 0.2) is 35.7 Å². The third kappa shape index (κ3) is 3.79. The number of piperidine rings is 1. The molecular formula is C19H19NO4S. The standard InChI is InChI=1S/C19H19NO4S/c1-12(21)17-9-16(11-25-17)18(22)20-8-2-3-15(10-20)13-4-6-14(7-5-13)19(23)24/h4-7,9,11,15H,2-3,8,10H2,1H3,(H,23,24). The lowest BCUT2D eigenvalue weighted by molar-refractivity contribution is 0.0693. The number of ketones is 1. The third-order valence-corrected chi connectivity index (χ3v) is 5.56. The summed E-state index contributed by atoms with van der Waals surface area (Å²) in [6.07, 6.45) is 1.87. The van der Waals surface area contributed by atoms with Gasteiger partial charge in [-0.15, -0.1) is 11.3 Å². The third-order valence-electron chi connectivity index (χ3n) is 4.53. The van der Waals surface area contributed by atoms with Crippen LogP contribution in [0.2, 0.25) is 0 Å². The molecule has 1 aliphatic rings. The Hall–Kier alpha value is -2.47. The van der Waals surface area contributed by atoms with Crippen molar-refractivity contribution in [1.82, 2.24) is 4.90 Å². The number of Topliss-reactive ketones (excluding diaryl/α,β-unsaturated/α-hetero) is 1. The SMILES string of the molecule is CC(=O)c1cc(C(=O)N2CCCC(c3ccc(C(=O)O)cc3)C2)cs1. The summed E-state index contributed by atoms with van der Waals surface area (Å²) in [5, 5.41) is 10.7. The summed E-state index contributed by atoms with van der Waals surface area (Å²) in [7, 11) is 0. The van der Waals surface area contributed by atoms with E-state index in [2.05, 4.69) is 0 Å². The van der Waals surface area contributed by atoms with Crippen LogP contribution in [0.25, 0.3) is 0 Å². The number of hydrogen-bond donors (Lipinski definition) is 1. The van der Waals surface area contributed by atoms with Crippen molar-refractivity contribution in [2.75, 3.05) is 13.1 Å². The van der Waals surface area contributed by atoms with Crippen LogP contribution in [0, 0.1) is 0 Å². The number of thiophene rings is 1. The Morgan fingerprint density at radius 2 is 1.88 bits per heavy atom. The van der Waals surface area contributed by atoms with Gasteiger partial charge in [-0.25, -0.2) is 4.79 Å². The second kappa shape index (κ2) is 7.19. The lowest BCUT2D eigenvalue weighted by atomic mass is 9.90. The van der Waals surface area contributed by atoms with Crippen molar-refractivity contribution >= 4 is 29.0 Å². The molecule has 130 valence electrons. The van der Waals surface area contributed by atoms with Crippen LogP contribution in [0.4, 0.5) is 0 Å². The molecule has 2 aromatic rings. The van der Waals surface area contributed by atoms with Crippen molar-refractivity contribution in [2.24, 2.45) is 0 Å². The Morgan fingerprint density at radius 3 is 2.48 bits per heavy atom. The molecule has 1 unspecified atom stereocenters. The van der Waals surface area contributed by atoms with E-state index >= 15 is 0 Å². The number of nitrogens with zero attached hydrogens (tertiary/aromatic N) is 1. The molecule has 1 fully saturated rings. The first-order chi connectivity index (χ1) is 12.0. The largest absolute Gasteiger partial charge is 0.478 e. The van der Waals surface area contributed by atoms with Crippen LogP contribution in [-0.2, 0) is 0 Å². The molecule has 6 heteroatoms. The van der Waals surface area contributed by atoms with E-state index in [1.165, 1.54) is 18.3 Å². The van der Waals surface area contributed by atoms with Gasteiger partial charge in [-0.1, -0.05) is 12.1 Å².